The van der Waals surface area contributed by atoms with Gasteiger partial charge in [-0.05, 0) is 18.9 Å². The number of amides is 1. The summed E-state index contributed by atoms with van der Waals surface area (Å²) < 4.78 is 4.87. The molecule has 1 heterocycles. The van der Waals surface area contributed by atoms with Gasteiger partial charge in [-0.25, -0.2) is 0 Å². The standard InChI is InChI=1S/C12H15NO4/c1-8(12(15)16)6-13(10-2-3-10)11(14)9-4-5-17-7-9/h4-5,7-8,10H,2-3,6H2,1H3,(H,15,16). The van der Waals surface area contributed by atoms with E-state index < -0.39 is 11.9 Å². The predicted octanol–water partition coefficient (Wildman–Crippen LogP) is 1.60. The molecule has 1 aliphatic carbocycles. The summed E-state index contributed by atoms with van der Waals surface area (Å²) in [5, 5.41) is 8.89. The molecule has 1 aliphatic rings. The molecule has 0 radical (unpaired) electrons. The maximum Gasteiger partial charge on any atom is 0.308 e. The van der Waals surface area contributed by atoms with Crippen molar-refractivity contribution in [3.8, 4) is 0 Å². The Balaban J connectivity index is 2.07. The molecule has 5 nitrogen and oxygen atoms in total. The Hall–Kier alpha value is -1.78. The van der Waals surface area contributed by atoms with E-state index in [0.717, 1.165) is 12.8 Å². The Kier molecular flexibility index (Phi) is 3.17. The summed E-state index contributed by atoms with van der Waals surface area (Å²) >= 11 is 0. The Labute approximate surface area is 99.0 Å². The van der Waals surface area contributed by atoms with Crippen LogP contribution in [-0.2, 0) is 4.79 Å². The van der Waals surface area contributed by atoms with Crippen molar-refractivity contribution in [2.75, 3.05) is 6.54 Å². The minimum absolute atomic E-state index is 0.144. The third-order valence-electron chi connectivity index (χ3n) is 2.91. The molecule has 0 spiro atoms. The van der Waals surface area contributed by atoms with Gasteiger partial charge in [0.1, 0.15) is 6.26 Å². The fourth-order valence-corrected chi connectivity index (χ4v) is 1.71. The minimum atomic E-state index is -0.879. The number of hydrogen-bond acceptors (Lipinski definition) is 3. The predicted molar refractivity (Wildman–Crippen MR) is 59.6 cm³/mol. The summed E-state index contributed by atoms with van der Waals surface area (Å²) in [6, 6.07) is 1.79. The Morgan fingerprint density at radius 3 is 2.76 bits per heavy atom. The lowest BCUT2D eigenvalue weighted by molar-refractivity contribution is -0.141. The van der Waals surface area contributed by atoms with Crippen LogP contribution in [0.5, 0.6) is 0 Å². The SMILES string of the molecule is CC(CN(C(=O)c1ccoc1)C1CC1)C(=O)O. The molecule has 5 heteroatoms. The van der Waals surface area contributed by atoms with E-state index in [4.69, 9.17) is 9.52 Å². The number of rotatable bonds is 5. The third kappa shape index (κ3) is 2.67. The van der Waals surface area contributed by atoms with Crippen molar-refractivity contribution in [2.24, 2.45) is 5.92 Å². The summed E-state index contributed by atoms with van der Waals surface area (Å²) in [6.45, 7) is 1.87. The average Bonchev–Trinajstić information content (AvgIpc) is 2.98. The molecular weight excluding hydrogens is 222 g/mol. The number of carboxylic acid groups (broad SMARTS) is 1. The molecule has 17 heavy (non-hydrogen) atoms. The molecule has 0 bridgehead atoms. The molecule has 1 unspecified atom stereocenters. The molecular formula is C12H15NO4. The van der Waals surface area contributed by atoms with Crippen LogP contribution in [-0.4, -0.2) is 34.5 Å². The van der Waals surface area contributed by atoms with E-state index in [1.807, 2.05) is 0 Å². The van der Waals surface area contributed by atoms with E-state index in [-0.39, 0.29) is 18.5 Å². The van der Waals surface area contributed by atoms with Gasteiger partial charge < -0.3 is 14.4 Å². The van der Waals surface area contributed by atoms with Gasteiger partial charge in [0.25, 0.3) is 5.91 Å². The monoisotopic (exact) mass is 237 g/mol. The molecule has 92 valence electrons. The van der Waals surface area contributed by atoms with Crippen LogP contribution in [0.4, 0.5) is 0 Å². The highest BCUT2D eigenvalue weighted by atomic mass is 16.4. The average molecular weight is 237 g/mol. The van der Waals surface area contributed by atoms with Crippen molar-refractivity contribution in [2.45, 2.75) is 25.8 Å². The Morgan fingerprint density at radius 1 is 1.59 bits per heavy atom. The van der Waals surface area contributed by atoms with E-state index >= 15 is 0 Å². The molecule has 2 rings (SSSR count). The number of carbonyl (C=O) groups excluding carboxylic acids is 1. The largest absolute Gasteiger partial charge is 0.481 e. The first kappa shape index (κ1) is 11.7. The molecule has 1 aromatic heterocycles. The van der Waals surface area contributed by atoms with Gasteiger partial charge in [-0.3, -0.25) is 9.59 Å². The van der Waals surface area contributed by atoms with Gasteiger partial charge in [0, 0.05) is 12.6 Å². The maximum atomic E-state index is 12.1. The summed E-state index contributed by atoms with van der Waals surface area (Å²) in [5.74, 6) is -1.57. The first-order valence-corrected chi connectivity index (χ1v) is 5.65. The van der Waals surface area contributed by atoms with Crippen LogP contribution in [0, 0.1) is 5.92 Å². The lowest BCUT2D eigenvalue weighted by Gasteiger charge is -2.23. The maximum absolute atomic E-state index is 12.1. The minimum Gasteiger partial charge on any atom is -0.481 e. The van der Waals surface area contributed by atoms with E-state index in [1.54, 1.807) is 17.9 Å². The van der Waals surface area contributed by atoms with Gasteiger partial charge >= 0.3 is 5.97 Å². The molecule has 1 saturated carbocycles. The molecule has 1 amide bonds. The van der Waals surface area contributed by atoms with Crippen LogP contribution in [0.15, 0.2) is 23.0 Å². The molecule has 1 fully saturated rings. The molecule has 0 aliphatic heterocycles. The van der Waals surface area contributed by atoms with E-state index in [0.29, 0.717) is 5.56 Å². The van der Waals surface area contributed by atoms with Crippen molar-refractivity contribution in [1.82, 2.24) is 4.90 Å². The number of hydrogen-bond donors (Lipinski definition) is 1. The second-order valence-corrected chi connectivity index (χ2v) is 4.44. The molecule has 0 aromatic carbocycles. The van der Waals surface area contributed by atoms with Gasteiger partial charge in [0.05, 0.1) is 17.7 Å². The smallest absolute Gasteiger partial charge is 0.308 e. The number of furan rings is 1. The fraction of sp³-hybridized carbons (Fsp3) is 0.500. The second kappa shape index (κ2) is 4.61. The van der Waals surface area contributed by atoms with E-state index in [1.165, 1.54) is 12.5 Å². The topological polar surface area (TPSA) is 70.8 Å². The van der Waals surface area contributed by atoms with E-state index in [9.17, 15) is 9.59 Å². The Bertz CT molecular complexity index is 408. The fourth-order valence-electron chi connectivity index (χ4n) is 1.71. The van der Waals surface area contributed by atoms with Crippen LogP contribution in [0.3, 0.4) is 0 Å². The summed E-state index contributed by atoms with van der Waals surface area (Å²) in [7, 11) is 0. The van der Waals surface area contributed by atoms with Crippen molar-refractivity contribution in [3.63, 3.8) is 0 Å². The summed E-state index contributed by atoms with van der Waals surface area (Å²) in [6.07, 6.45) is 4.74. The first-order valence-electron chi connectivity index (χ1n) is 5.65. The van der Waals surface area contributed by atoms with Crippen LogP contribution in [0.25, 0.3) is 0 Å². The first-order chi connectivity index (χ1) is 8.09. The van der Waals surface area contributed by atoms with Crippen LogP contribution >= 0.6 is 0 Å². The Morgan fingerprint density at radius 2 is 2.29 bits per heavy atom. The number of nitrogens with zero attached hydrogens (tertiary/aromatic N) is 1. The van der Waals surface area contributed by atoms with Crippen molar-refractivity contribution in [1.29, 1.82) is 0 Å². The summed E-state index contributed by atoms with van der Waals surface area (Å²) in [4.78, 5) is 24.6. The van der Waals surface area contributed by atoms with Crippen molar-refractivity contribution in [3.05, 3.63) is 24.2 Å². The van der Waals surface area contributed by atoms with Crippen LogP contribution < -0.4 is 0 Å². The van der Waals surface area contributed by atoms with Gasteiger partial charge in [0.2, 0.25) is 0 Å². The highest BCUT2D eigenvalue weighted by Gasteiger charge is 2.35. The third-order valence-corrected chi connectivity index (χ3v) is 2.91. The van der Waals surface area contributed by atoms with Gasteiger partial charge in [-0.15, -0.1) is 0 Å². The number of carboxylic acids is 1. The van der Waals surface area contributed by atoms with E-state index in [2.05, 4.69) is 0 Å². The highest BCUT2D eigenvalue weighted by molar-refractivity contribution is 5.94. The zero-order valence-electron chi connectivity index (χ0n) is 9.63. The molecule has 0 saturated heterocycles. The van der Waals surface area contributed by atoms with Gasteiger partial charge in [0.15, 0.2) is 0 Å². The van der Waals surface area contributed by atoms with Gasteiger partial charge in [-0.2, -0.15) is 0 Å². The lowest BCUT2D eigenvalue weighted by Crippen LogP contribution is -2.38. The van der Waals surface area contributed by atoms with Crippen molar-refractivity contribution >= 4 is 11.9 Å². The molecule has 1 N–H and O–H groups in total. The number of aliphatic carboxylic acids is 1. The van der Waals surface area contributed by atoms with Crippen molar-refractivity contribution < 1.29 is 19.1 Å². The zero-order valence-corrected chi connectivity index (χ0v) is 9.63. The zero-order chi connectivity index (χ0) is 12.4. The quantitative estimate of drug-likeness (QED) is 0.844. The molecule has 1 atom stereocenters. The van der Waals surface area contributed by atoms with Crippen LogP contribution in [0.2, 0.25) is 0 Å². The van der Waals surface area contributed by atoms with Gasteiger partial charge in [-0.1, -0.05) is 6.92 Å². The molecule has 1 aromatic rings. The number of carbonyl (C=O) groups is 2. The highest BCUT2D eigenvalue weighted by Crippen LogP contribution is 2.29. The van der Waals surface area contributed by atoms with Crippen LogP contribution in [0.1, 0.15) is 30.1 Å². The normalized spacial score (nSPS) is 16.5. The second-order valence-electron chi connectivity index (χ2n) is 4.44. The summed E-state index contributed by atoms with van der Waals surface area (Å²) in [5.41, 5.74) is 0.481. The lowest BCUT2D eigenvalue weighted by atomic mass is 10.1.